The maximum absolute atomic E-state index is 13.0. The summed E-state index contributed by atoms with van der Waals surface area (Å²) in [7, 11) is 2.17. The summed E-state index contributed by atoms with van der Waals surface area (Å²) < 4.78 is 11.2. The van der Waals surface area contributed by atoms with Gasteiger partial charge in [0.2, 0.25) is 0 Å². The van der Waals surface area contributed by atoms with Crippen LogP contribution in [-0.2, 0) is 27.2 Å². The summed E-state index contributed by atoms with van der Waals surface area (Å²) in [5.74, 6) is -0.403. The highest BCUT2D eigenvalue weighted by atomic mass is 16.6. The van der Waals surface area contributed by atoms with Crippen LogP contribution in [0.5, 0.6) is 0 Å². The van der Waals surface area contributed by atoms with Crippen molar-refractivity contribution in [2.75, 3.05) is 52.9 Å². The second-order valence-corrected chi connectivity index (χ2v) is 12.0. The van der Waals surface area contributed by atoms with Crippen LogP contribution in [0.3, 0.4) is 0 Å². The van der Waals surface area contributed by atoms with E-state index in [1.807, 2.05) is 24.3 Å². The van der Waals surface area contributed by atoms with E-state index in [0.717, 1.165) is 49.4 Å². The smallest absolute Gasteiger partial charge is 0.410 e. The summed E-state index contributed by atoms with van der Waals surface area (Å²) in [4.78, 5) is 31.9. The Labute approximate surface area is 244 Å². The normalized spacial score (nSPS) is 19.6. The summed E-state index contributed by atoms with van der Waals surface area (Å²) in [5, 5.41) is 12.5. The van der Waals surface area contributed by atoms with Crippen LogP contribution in [0.25, 0.3) is 11.1 Å². The molecule has 4 rings (SSSR count). The van der Waals surface area contributed by atoms with Crippen LogP contribution >= 0.6 is 0 Å². The molecule has 2 aromatic rings. The Morgan fingerprint density at radius 2 is 1.61 bits per heavy atom. The average Bonchev–Trinajstić information content (AvgIpc) is 3.21. The quantitative estimate of drug-likeness (QED) is 0.551. The number of piperazine rings is 1. The van der Waals surface area contributed by atoms with E-state index in [0.29, 0.717) is 26.0 Å². The summed E-state index contributed by atoms with van der Waals surface area (Å²) in [5.41, 5.74) is 3.88. The van der Waals surface area contributed by atoms with Gasteiger partial charge in [-0.05, 0) is 56.5 Å². The van der Waals surface area contributed by atoms with Crippen LogP contribution in [0.1, 0.15) is 38.3 Å². The van der Waals surface area contributed by atoms with Crippen LogP contribution in [0.4, 0.5) is 4.79 Å². The molecule has 0 bridgehead atoms. The predicted octanol–water partition coefficient (Wildman–Crippen LogP) is 3.68. The van der Waals surface area contributed by atoms with Gasteiger partial charge in [0.1, 0.15) is 11.6 Å². The van der Waals surface area contributed by atoms with E-state index in [4.69, 9.17) is 9.47 Å². The fraction of sp³-hybridized carbons (Fsp3) is 0.531. The SMILES string of the molecule is CN1CCN(Cc2ccc(-c3ccc(C[C@@H](C#N)NC(=O)[C@@H]4CN(C(=O)OC(C)(C)C)CCCO4)cc3)cc2)CC1. The lowest BCUT2D eigenvalue weighted by Crippen LogP contribution is -2.48. The molecule has 2 saturated heterocycles. The molecule has 1 N–H and O–H groups in total. The van der Waals surface area contributed by atoms with Gasteiger partial charge in [-0.15, -0.1) is 0 Å². The number of carbonyl (C=O) groups excluding carboxylic acids is 2. The lowest BCUT2D eigenvalue weighted by molar-refractivity contribution is -0.133. The van der Waals surface area contributed by atoms with Crippen LogP contribution in [0.15, 0.2) is 48.5 Å². The number of carbonyl (C=O) groups is 2. The molecule has 2 atom stereocenters. The van der Waals surface area contributed by atoms with Crippen molar-refractivity contribution in [2.45, 2.75) is 57.9 Å². The van der Waals surface area contributed by atoms with E-state index in [9.17, 15) is 14.9 Å². The third kappa shape index (κ3) is 9.28. The van der Waals surface area contributed by atoms with Gasteiger partial charge in [-0.1, -0.05) is 48.5 Å². The van der Waals surface area contributed by atoms with Gasteiger partial charge in [0.05, 0.1) is 12.6 Å². The number of hydrogen-bond donors (Lipinski definition) is 1. The molecule has 0 spiro atoms. The largest absolute Gasteiger partial charge is 0.444 e. The van der Waals surface area contributed by atoms with Crippen LogP contribution in [0, 0.1) is 11.3 Å². The highest BCUT2D eigenvalue weighted by Gasteiger charge is 2.31. The Kier molecular flexibility index (Phi) is 10.4. The summed E-state index contributed by atoms with van der Waals surface area (Å²) in [6, 6.07) is 18.3. The minimum atomic E-state index is -0.859. The number of nitrogens with one attached hydrogen (secondary N) is 1. The fourth-order valence-electron chi connectivity index (χ4n) is 5.01. The zero-order valence-electron chi connectivity index (χ0n) is 24.8. The zero-order chi connectivity index (χ0) is 29.4. The van der Waals surface area contributed by atoms with Gasteiger partial charge in [-0.3, -0.25) is 9.69 Å². The van der Waals surface area contributed by atoms with Crippen molar-refractivity contribution in [2.24, 2.45) is 0 Å². The molecule has 220 valence electrons. The molecule has 0 saturated carbocycles. The summed E-state index contributed by atoms with van der Waals surface area (Å²) in [6.45, 7) is 11.7. The fourth-order valence-corrected chi connectivity index (χ4v) is 5.01. The van der Waals surface area contributed by atoms with Crippen molar-refractivity contribution in [1.29, 1.82) is 5.26 Å². The lowest BCUT2D eigenvalue weighted by Gasteiger charge is -2.32. The number of nitriles is 1. The third-order valence-corrected chi connectivity index (χ3v) is 7.38. The van der Waals surface area contributed by atoms with Gasteiger partial charge in [-0.2, -0.15) is 5.26 Å². The molecule has 2 aliphatic rings. The second kappa shape index (κ2) is 13.9. The van der Waals surface area contributed by atoms with Crippen LogP contribution in [-0.4, -0.2) is 97.4 Å². The van der Waals surface area contributed by atoms with E-state index in [1.165, 1.54) is 10.5 Å². The maximum Gasteiger partial charge on any atom is 0.410 e. The number of ether oxygens (including phenoxy) is 2. The topological polar surface area (TPSA) is 98.1 Å². The van der Waals surface area contributed by atoms with E-state index >= 15 is 0 Å². The number of likely N-dealkylation sites (N-methyl/N-ethyl adjacent to an activating group) is 1. The van der Waals surface area contributed by atoms with Gasteiger partial charge in [-0.25, -0.2) is 4.79 Å². The minimum Gasteiger partial charge on any atom is -0.444 e. The second-order valence-electron chi connectivity index (χ2n) is 12.0. The van der Waals surface area contributed by atoms with Crippen molar-refractivity contribution in [3.8, 4) is 17.2 Å². The first-order valence-electron chi connectivity index (χ1n) is 14.5. The molecule has 2 heterocycles. The van der Waals surface area contributed by atoms with Gasteiger partial charge in [0.25, 0.3) is 5.91 Å². The first-order valence-corrected chi connectivity index (χ1v) is 14.5. The Morgan fingerprint density at radius 1 is 1.00 bits per heavy atom. The molecule has 41 heavy (non-hydrogen) atoms. The molecule has 0 radical (unpaired) electrons. The van der Waals surface area contributed by atoms with Crippen molar-refractivity contribution in [1.82, 2.24) is 20.0 Å². The number of benzene rings is 2. The van der Waals surface area contributed by atoms with Gasteiger partial charge in [0.15, 0.2) is 6.10 Å². The van der Waals surface area contributed by atoms with Crippen molar-refractivity contribution in [3.63, 3.8) is 0 Å². The highest BCUT2D eigenvalue weighted by molar-refractivity contribution is 5.82. The molecule has 2 aromatic carbocycles. The minimum absolute atomic E-state index is 0.0851. The number of nitrogens with zero attached hydrogens (tertiary/aromatic N) is 4. The number of amides is 2. The number of rotatable bonds is 7. The Bertz CT molecular complexity index is 1190. The first-order chi connectivity index (χ1) is 19.6. The highest BCUT2D eigenvalue weighted by Crippen LogP contribution is 2.22. The lowest BCUT2D eigenvalue weighted by atomic mass is 10.00. The molecule has 0 aliphatic carbocycles. The Hall–Kier alpha value is -3.45. The van der Waals surface area contributed by atoms with E-state index in [-0.39, 0.29) is 6.54 Å². The zero-order valence-corrected chi connectivity index (χ0v) is 24.8. The number of hydrogen-bond acceptors (Lipinski definition) is 7. The summed E-state index contributed by atoms with van der Waals surface area (Å²) in [6.07, 6.45) is -0.352. The molecule has 2 aliphatic heterocycles. The van der Waals surface area contributed by atoms with Gasteiger partial charge >= 0.3 is 6.09 Å². The van der Waals surface area contributed by atoms with Crippen molar-refractivity contribution < 1.29 is 19.1 Å². The molecule has 9 nitrogen and oxygen atoms in total. The van der Waals surface area contributed by atoms with E-state index < -0.39 is 29.7 Å². The van der Waals surface area contributed by atoms with Crippen molar-refractivity contribution >= 4 is 12.0 Å². The maximum atomic E-state index is 13.0. The molecule has 2 amide bonds. The molecule has 9 heteroatoms. The first kappa shape index (κ1) is 30.5. The molecular weight excluding hydrogens is 518 g/mol. The Morgan fingerprint density at radius 3 is 2.20 bits per heavy atom. The third-order valence-electron chi connectivity index (χ3n) is 7.38. The van der Waals surface area contributed by atoms with Gasteiger partial charge < -0.3 is 24.6 Å². The standard InChI is InChI=1S/C32H43N5O4/c1-32(2,3)41-31(39)37-14-5-19-40-29(23-37)30(38)34-28(21-33)20-24-6-10-26(11-7-24)27-12-8-25(9-13-27)22-36-17-15-35(4)16-18-36/h6-13,28-29H,5,14-20,22-23H2,1-4H3,(H,34,38)/t28-,29-/m0/s1. The van der Waals surface area contributed by atoms with Gasteiger partial charge in [0, 0.05) is 52.3 Å². The monoisotopic (exact) mass is 561 g/mol. The van der Waals surface area contributed by atoms with Crippen LogP contribution < -0.4 is 5.32 Å². The molecule has 0 unspecified atom stereocenters. The summed E-state index contributed by atoms with van der Waals surface area (Å²) >= 11 is 0. The molecule has 2 fully saturated rings. The predicted molar refractivity (Wildman–Crippen MR) is 158 cm³/mol. The van der Waals surface area contributed by atoms with E-state index in [1.54, 1.807) is 20.8 Å². The average molecular weight is 562 g/mol. The molecular formula is C32H43N5O4. The van der Waals surface area contributed by atoms with Crippen molar-refractivity contribution in [3.05, 3.63) is 59.7 Å². The van der Waals surface area contributed by atoms with Crippen LogP contribution in [0.2, 0.25) is 0 Å². The van der Waals surface area contributed by atoms with E-state index in [2.05, 4.69) is 52.5 Å². The Balaban J connectivity index is 1.30. The molecule has 0 aromatic heterocycles.